The van der Waals surface area contributed by atoms with Crippen molar-refractivity contribution in [2.45, 2.75) is 6.92 Å². The van der Waals surface area contributed by atoms with Crippen molar-refractivity contribution in [3.05, 3.63) is 10.6 Å². The highest BCUT2D eigenvalue weighted by Crippen LogP contribution is 2.12. The number of H-pyrrole nitrogens is 2. The Labute approximate surface area is 73.0 Å². The number of rotatable bonds is 0. The van der Waals surface area contributed by atoms with Gasteiger partial charge in [0.05, 0.1) is 0 Å². The smallest absolute Gasteiger partial charge is 0.176 e. The van der Waals surface area contributed by atoms with E-state index in [1.165, 1.54) is 0 Å². The first-order valence-corrected chi connectivity index (χ1v) is 3.80. The average Bonchev–Trinajstić information content (AvgIpc) is 2.29. The fourth-order valence-electron chi connectivity index (χ4n) is 1.06. The van der Waals surface area contributed by atoms with E-state index in [-0.39, 0.29) is 0 Å². The van der Waals surface area contributed by atoms with E-state index in [9.17, 15) is 0 Å². The minimum Gasteiger partial charge on any atom is -0.382 e. The molecule has 0 unspecified atom stereocenters. The molecule has 0 aliphatic carbocycles. The van der Waals surface area contributed by atoms with Crippen molar-refractivity contribution in [3.63, 3.8) is 0 Å². The third kappa shape index (κ3) is 0.964. The molecule has 0 bridgehead atoms. The molecule has 0 spiro atoms. The minimum atomic E-state index is 0.421. The van der Waals surface area contributed by atoms with Crippen LogP contribution in [0.4, 0.5) is 5.82 Å². The molecule has 12 heavy (non-hydrogen) atoms. The van der Waals surface area contributed by atoms with Gasteiger partial charge in [0, 0.05) is 0 Å². The van der Waals surface area contributed by atoms with E-state index in [0.717, 1.165) is 0 Å². The molecular weight excluding hydrogens is 174 g/mol. The molecule has 0 aliphatic heterocycles. The van der Waals surface area contributed by atoms with Crippen molar-refractivity contribution in [1.29, 1.82) is 0 Å². The number of nitrogens with zero attached hydrogens (tertiary/aromatic N) is 2. The molecule has 0 atom stereocenters. The van der Waals surface area contributed by atoms with Crippen LogP contribution in [-0.2, 0) is 0 Å². The van der Waals surface area contributed by atoms with Crippen LogP contribution in [0.3, 0.4) is 0 Å². The van der Waals surface area contributed by atoms with Crippen molar-refractivity contribution >= 4 is 29.2 Å². The van der Waals surface area contributed by atoms with E-state index < -0.39 is 0 Å². The highest BCUT2D eigenvalue weighted by molar-refractivity contribution is 7.71. The van der Waals surface area contributed by atoms with Gasteiger partial charge in [-0.15, -0.1) is 0 Å². The summed E-state index contributed by atoms with van der Waals surface area (Å²) in [5.41, 5.74) is 6.95. The lowest BCUT2D eigenvalue weighted by Gasteiger charge is -1.94. The maximum atomic E-state index is 5.62. The Morgan fingerprint density at radius 3 is 2.83 bits per heavy atom. The molecule has 62 valence electrons. The van der Waals surface area contributed by atoms with Gasteiger partial charge in [0.15, 0.2) is 16.2 Å². The van der Waals surface area contributed by atoms with Crippen LogP contribution in [0.1, 0.15) is 5.82 Å². The second-order valence-electron chi connectivity index (χ2n) is 2.46. The molecule has 2 rings (SSSR count). The summed E-state index contributed by atoms with van der Waals surface area (Å²) in [7, 11) is 0. The van der Waals surface area contributed by atoms with Crippen LogP contribution >= 0.6 is 12.2 Å². The normalized spacial score (nSPS) is 10.8. The first kappa shape index (κ1) is 7.23. The number of nitrogens with two attached hydrogens (primary N) is 1. The molecule has 0 saturated heterocycles. The Kier molecular flexibility index (Phi) is 1.37. The number of hydrogen-bond acceptors (Lipinski definition) is 4. The maximum absolute atomic E-state index is 5.62. The van der Waals surface area contributed by atoms with Gasteiger partial charge in [-0.1, -0.05) is 0 Å². The molecule has 0 radical (unpaired) electrons. The molecule has 0 aliphatic rings. The van der Waals surface area contributed by atoms with Gasteiger partial charge < -0.3 is 15.7 Å². The lowest BCUT2D eigenvalue weighted by Crippen LogP contribution is -1.96. The number of hydrogen-bond donors (Lipinski definition) is 3. The molecule has 2 aromatic heterocycles. The van der Waals surface area contributed by atoms with Gasteiger partial charge in [0.25, 0.3) is 0 Å². The summed E-state index contributed by atoms with van der Waals surface area (Å²) < 4.78 is 0.511. The number of anilines is 1. The van der Waals surface area contributed by atoms with Crippen LogP contribution in [0.2, 0.25) is 0 Å². The second kappa shape index (κ2) is 2.28. The molecule has 0 saturated carbocycles. The quantitative estimate of drug-likeness (QED) is 0.527. The number of imidazole rings is 1. The zero-order valence-corrected chi connectivity index (χ0v) is 7.20. The Bertz CT molecular complexity index is 482. The van der Waals surface area contributed by atoms with E-state index in [0.29, 0.717) is 27.6 Å². The summed E-state index contributed by atoms with van der Waals surface area (Å²) in [6, 6.07) is 0. The lowest BCUT2D eigenvalue weighted by molar-refractivity contribution is 1.09. The van der Waals surface area contributed by atoms with Crippen LogP contribution in [0, 0.1) is 11.7 Å². The summed E-state index contributed by atoms with van der Waals surface area (Å²) in [5, 5.41) is 0. The summed E-state index contributed by atoms with van der Waals surface area (Å²) in [6.07, 6.45) is 0. The lowest BCUT2D eigenvalue weighted by atomic mass is 10.5. The van der Waals surface area contributed by atoms with E-state index in [4.69, 9.17) is 18.0 Å². The van der Waals surface area contributed by atoms with Gasteiger partial charge in [0.2, 0.25) is 0 Å². The highest BCUT2D eigenvalue weighted by Gasteiger charge is 2.03. The maximum Gasteiger partial charge on any atom is 0.176 e. The highest BCUT2D eigenvalue weighted by atomic mass is 32.1. The zero-order valence-electron chi connectivity index (χ0n) is 6.38. The predicted octanol–water partition coefficient (Wildman–Crippen LogP) is 0.906. The van der Waals surface area contributed by atoms with Gasteiger partial charge in [0.1, 0.15) is 11.3 Å². The molecule has 6 heteroatoms. The van der Waals surface area contributed by atoms with Crippen LogP contribution in [-0.4, -0.2) is 19.9 Å². The van der Waals surface area contributed by atoms with Crippen LogP contribution in [0.25, 0.3) is 11.2 Å². The largest absolute Gasteiger partial charge is 0.382 e. The number of fused-ring (bicyclic) bond motifs is 1. The number of aryl methyl sites for hydroxylation is 1. The third-order valence-electron chi connectivity index (χ3n) is 1.52. The van der Waals surface area contributed by atoms with Crippen LogP contribution in [0.15, 0.2) is 0 Å². The van der Waals surface area contributed by atoms with E-state index >= 15 is 0 Å². The topological polar surface area (TPSA) is 83.4 Å². The Hall–Kier alpha value is -1.43. The van der Waals surface area contributed by atoms with Gasteiger partial charge in [-0.25, -0.2) is 9.97 Å². The first-order valence-electron chi connectivity index (χ1n) is 3.39. The predicted molar refractivity (Wildman–Crippen MR) is 48.2 cm³/mol. The van der Waals surface area contributed by atoms with Crippen molar-refractivity contribution in [2.24, 2.45) is 0 Å². The minimum absolute atomic E-state index is 0.421. The molecule has 5 nitrogen and oxygen atoms in total. The summed E-state index contributed by atoms with van der Waals surface area (Å²) in [6.45, 7) is 1.78. The van der Waals surface area contributed by atoms with Crippen molar-refractivity contribution < 1.29 is 0 Å². The average molecular weight is 181 g/mol. The van der Waals surface area contributed by atoms with Gasteiger partial charge in [-0.05, 0) is 19.1 Å². The van der Waals surface area contributed by atoms with Gasteiger partial charge >= 0.3 is 0 Å². The summed E-state index contributed by atoms with van der Waals surface area (Å²) in [4.78, 5) is 13.8. The van der Waals surface area contributed by atoms with E-state index in [2.05, 4.69) is 19.9 Å². The van der Waals surface area contributed by atoms with Crippen LogP contribution in [0.5, 0.6) is 0 Å². The monoisotopic (exact) mass is 181 g/mol. The van der Waals surface area contributed by atoms with Crippen molar-refractivity contribution in [1.82, 2.24) is 19.9 Å². The number of aromatic nitrogens is 4. The molecule has 0 fully saturated rings. The van der Waals surface area contributed by atoms with E-state index in [1.54, 1.807) is 6.92 Å². The fraction of sp³-hybridized carbons (Fsp3) is 0.167. The van der Waals surface area contributed by atoms with Gasteiger partial charge in [-0.3, -0.25) is 0 Å². The molecule has 0 aromatic carbocycles. The first-order chi connectivity index (χ1) is 5.66. The van der Waals surface area contributed by atoms with Gasteiger partial charge in [-0.2, -0.15) is 0 Å². The number of aromatic amines is 2. The molecule has 4 N–H and O–H groups in total. The fourth-order valence-corrected chi connectivity index (χ4v) is 1.26. The summed E-state index contributed by atoms with van der Waals surface area (Å²) >= 11 is 4.88. The summed E-state index contributed by atoms with van der Waals surface area (Å²) in [5.74, 6) is 1.05. The molecule has 0 amide bonds. The Balaban J connectivity index is 2.97. The second-order valence-corrected chi connectivity index (χ2v) is 2.87. The third-order valence-corrected chi connectivity index (χ3v) is 1.72. The Morgan fingerprint density at radius 1 is 1.33 bits per heavy atom. The van der Waals surface area contributed by atoms with Crippen LogP contribution < -0.4 is 5.73 Å². The standard InChI is InChI=1S/C6H7N5S/c1-2-8-4(7)3-5(9-2)11-6(12)10-3/h1H3,(H4,7,8,9,10,11,12). The molecule has 2 aromatic rings. The zero-order chi connectivity index (χ0) is 8.72. The van der Waals surface area contributed by atoms with E-state index in [1.807, 2.05) is 0 Å². The SMILES string of the molecule is Cc1nc(N)c2[nH]c(=S)[nH]c2n1. The van der Waals surface area contributed by atoms with Crippen molar-refractivity contribution in [3.8, 4) is 0 Å². The number of nitrogen functional groups attached to an aromatic ring is 1. The Morgan fingerprint density at radius 2 is 2.08 bits per heavy atom. The van der Waals surface area contributed by atoms with Crippen molar-refractivity contribution in [2.75, 3.05) is 5.73 Å². The molecule has 2 heterocycles. The molecular formula is C6H7N5S. The number of nitrogens with one attached hydrogen (secondary N) is 2.